The Morgan fingerprint density at radius 1 is 1.05 bits per heavy atom. The fourth-order valence-electron chi connectivity index (χ4n) is 4.54. The molecule has 3 aromatic carbocycles. The first-order valence-corrected chi connectivity index (χ1v) is 15.5. The summed E-state index contributed by atoms with van der Waals surface area (Å²) in [6, 6.07) is 17.0. The third-order valence-electron chi connectivity index (χ3n) is 6.76. The average Bonchev–Trinajstić information content (AvgIpc) is 3.38. The van der Waals surface area contributed by atoms with Crippen molar-refractivity contribution in [1.29, 1.82) is 0 Å². The zero-order valence-corrected chi connectivity index (χ0v) is 24.6. The molecule has 1 aliphatic rings. The molecule has 1 saturated heterocycles. The van der Waals surface area contributed by atoms with Gasteiger partial charge in [0.05, 0.1) is 33.0 Å². The van der Waals surface area contributed by atoms with Crippen molar-refractivity contribution >= 4 is 59.9 Å². The van der Waals surface area contributed by atoms with Crippen molar-refractivity contribution < 1.29 is 17.9 Å². The predicted octanol–water partition coefficient (Wildman–Crippen LogP) is 4.62. The van der Waals surface area contributed by atoms with E-state index >= 15 is 0 Å². The lowest BCUT2D eigenvalue weighted by Gasteiger charge is -2.34. The minimum atomic E-state index is -3.83. The molecule has 2 heterocycles. The van der Waals surface area contributed by atoms with E-state index in [2.05, 4.69) is 19.8 Å². The maximum atomic E-state index is 13.0. The van der Waals surface area contributed by atoms with Gasteiger partial charge in [-0.05, 0) is 43.3 Å². The van der Waals surface area contributed by atoms with Crippen molar-refractivity contribution in [3.05, 3.63) is 76.8 Å². The van der Waals surface area contributed by atoms with Gasteiger partial charge < -0.3 is 15.0 Å². The van der Waals surface area contributed by atoms with Gasteiger partial charge in [-0.2, -0.15) is 0 Å². The van der Waals surface area contributed by atoms with Crippen LogP contribution in [-0.2, 0) is 10.0 Å². The summed E-state index contributed by atoms with van der Waals surface area (Å²) in [5.74, 6) is 0.267. The third kappa shape index (κ3) is 6.17. The van der Waals surface area contributed by atoms with Gasteiger partial charge in [0.15, 0.2) is 10.9 Å². The summed E-state index contributed by atoms with van der Waals surface area (Å²) in [5.41, 5.74) is 2.25. The molecule has 210 valence electrons. The van der Waals surface area contributed by atoms with Crippen LogP contribution in [0.3, 0.4) is 0 Å². The van der Waals surface area contributed by atoms with Gasteiger partial charge in [-0.3, -0.25) is 14.4 Å². The number of methoxy groups -OCH3 is 1. The smallest absolute Gasteiger partial charge is 0.261 e. The van der Waals surface area contributed by atoms with Crippen molar-refractivity contribution in [2.24, 2.45) is 0 Å². The number of hydrogen-bond acceptors (Lipinski definition) is 8. The number of anilines is 2. The molecule has 0 unspecified atom stereocenters. The Bertz CT molecular complexity index is 1620. The first-order valence-electron chi connectivity index (χ1n) is 12.8. The molecule has 0 saturated carbocycles. The molecule has 4 aromatic rings. The SMILES string of the molecule is COc1c(Cl)ccc2sc(N3CCN(CCNC(=O)c4ccccc4NS(=O)(=O)c4ccc(C)cc4)CC3)nc12. The highest BCUT2D eigenvalue weighted by Gasteiger charge is 2.22. The molecule has 0 spiro atoms. The van der Waals surface area contributed by atoms with Crippen molar-refractivity contribution in [3.8, 4) is 5.75 Å². The quantitative estimate of drug-likeness (QED) is 0.289. The van der Waals surface area contributed by atoms with Crippen LogP contribution in [0.2, 0.25) is 5.02 Å². The number of nitrogens with zero attached hydrogens (tertiary/aromatic N) is 3. The number of aromatic nitrogens is 1. The first kappa shape index (κ1) is 28.2. The number of hydrogen-bond donors (Lipinski definition) is 2. The molecular weight excluding hydrogens is 570 g/mol. The van der Waals surface area contributed by atoms with Gasteiger partial charge in [0, 0.05) is 39.3 Å². The number of para-hydroxylation sites is 1. The number of carbonyl (C=O) groups is 1. The highest BCUT2D eigenvalue weighted by atomic mass is 35.5. The van der Waals surface area contributed by atoms with Gasteiger partial charge in [0.2, 0.25) is 0 Å². The van der Waals surface area contributed by atoms with E-state index in [1.807, 2.05) is 19.1 Å². The number of thiazole rings is 1. The minimum absolute atomic E-state index is 0.140. The average molecular weight is 600 g/mol. The Hall–Kier alpha value is -3.38. The molecule has 1 fully saturated rings. The van der Waals surface area contributed by atoms with Gasteiger partial charge in [0.25, 0.3) is 15.9 Å². The summed E-state index contributed by atoms with van der Waals surface area (Å²) in [6.07, 6.45) is 0. The van der Waals surface area contributed by atoms with E-state index in [-0.39, 0.29) is 22.1 Å². The predicted molar refractivity (Wildman–Crippen MR) is 161 cm³/mol. The van der Waals surface area contributed by atoms with Crippen LogP contribution in [0, 0.1) is 6.92 Å². The van der Waals surface area contributed by atoms with E-state index in [0.29, 0.717) is 23.9 Å². The highest BCUT2D eigenvalue weighted by molar-refractivity contribution is 7.92. The number of fused-ring (bicyclic) bond motifs is 1. The van der Waals surface area contributed by atoms with Crippen LogP contribution in [0.25, 0.3) is 10.2 Å². The second kappa shape index (κ2) is 12.0. The number of amides is 1. The van der Waals surface area contributed by atoms with Crippen LogP contribution < -0.4 is 19.7 Å². The number of rotatable bonds is 9. The minimum Gasteiger partial charge on any atom is -0.493 e. The standard InChI is InChI=1S/C28H30ClN5O4S2/c1-19-7-9-20(10-8-19)40(36,37)32-23-6-4-3-5-21(23)27(35)30-13-14-33-15-17-34(18-16-33)28-31-25-24(39-28)12-11-22(29)26(25)38-2/h3-12,32H,13-18H2,1-2H3,(H,30,35). The number of aryl methyl sites for hydroxylation is 1. The fraction of sp³-hybridized carbons (Fsp3) is 0.286. The summed E-state index contributed by atoms with van der Waals surface area (Å²) in [6.45, 7) is 6.29. The molecule has 1 amide bonds. The van der Waals surface area contributed by atoms with Crippen molar-refractivity contribution in [2.75, 3.05) is 56.0 Å². The zero-order chi connectivity index (χ0) is 28.3. The van der Waals surface area contributed by atoms with Crippen LogP contribution in [0.1, 0.15) is 15.9 Å². The number of ether oxygens (including phenoxy) is 1. The van der Waals surface area contributed by atoms with Gasteiger partial charge in [-0.1, -0.05) is 52.8 Å². The number of halogens is 1. The Balaban J connectivity index is 1.14. The first-order chi connectivity index (χ1) is 19.2. The summed E-state index contributed by atoms with van der Waals surface area (Å²) >= 11 is 7.87. The Morgan fingerprint density at radius 3 is 2.50 bits per heavy atom. The Labute approximate surface area is 242 Å². The highest BCUT2D eigenvalue weighted by Crippen LogP contribution is 2.38. The second-order valence-electron chi connectivity index (χ2n) is 9.47. The summed E-state index contributed by atoms with van der Waals surface area (Å²) in [4.78, 5) is 22.4. The maximum absolute atomic E-state index is 13.0. The Morgan fingerprint density at radius 2 is 1.77 bits per heavy atom. The topological polar surface area (TPSA) is 104 Å². The van der Waals surface area contributed by atoms with Crippen LogP contribution in [-0.4, -0.2) is 70.6 Å². The maximum Gasteiger partial charge on any atom is 0.261 e. The lowest BCUT2D eigenvalue weighted by molar-refractivity contribution is 0.0948. The number of sulfonamides is 1. The van der Waals surface area contributed by atoms with Crippen LogP contribution >= 0.6 is 22.9 Å². The molecule has 12 heteroatoms. The number of benzene rings is 3. The van der Waals surface area contributed by atoms with Crippen LogP contribution in [0.5, 0.6) is 5.75 Å². The molecule has 1 aliphatic heterocycles. The third-order valence-corrected chi connectivity index (χ3v) is 9.52. The van der Waals surface area contributed by atoms with Crippen LogP contribution in [0.4, 0.5) is 10.8 Å². The lowest BCUT2D eigenvalue weighted by Crippen LogP contribution is -2.48. The fourth-order valence-corrected chi connectivity index (χ4v) is 6.87. The number of carbonyl (C=O) groups excluding carboxylic acids is 1. The van der Waals surface area contributed by atoms with Crippen molar-refractivity contribution in [1.82, 2.24) is 15.2 Å². The molecule has 5 rings (SSSR count). The zero-order valence-electron chi connectivity index (χ0n) is 22.2. The van der Waals surface area contributed by atoms with E-state index in [4.69, 9.17) is 21.3 Å². The molecule has 9 nitrogen and oxygen atoms in total. The summed E-state index contributed by atoms with van der Waals surface area (Å²) < 4.78 is 34.8. The normalized spacial score (nSPS) is 14.3. The van der Waals surface area contributed by atoms with Gasteiger partial charge in [-0.15, -0.1) is 0 Å². The molecule has 1 aromatic heterocycles. The number of nitrogens with one attached hydrogen (secondary N) is 2. The Kier molecular flexibility index (Phi) is 8.46. The molecule has 0 atom stereocenters. The molecule has 40 heavy (non-hydrogen) atoms. The van der Waals surface area contributed by atoms with E-state index in [0.717, 1.165) is 47.1 Å². The summed E-state index contributed by atoms with van der Waals surface area (Å²) in [7, 11) is -2.23. The van der Waals surface area contributed by atoms with E-state index in [1.165, 1.54) is 0 Å². The van der Waals surface area contributed by atoms with Crippen molar-refractivity contribution in [3.63, 3.8) is 0 Å². The largest absolute Gasteiger partial charge is 0.493 e. The van der Waals surface area contributed by atoms with Gasteiger partial charge >= 0.3 is 0 Å². The van der Waals surface area contributed by atoms with Gasteiger partial charge in [-0.25, -0.2) is 13.4 Å². The molecular formula is C28H30ClN5O4S2. The lowest BCUT2D eigenvalue weighted by atomic mass is 10.1. The molecule has 0 bridgehead atoms. The second-order valence-corrected chi connectivity index (χ2v) is 12.6. The van der Waals surface area contributed by atoms with E-state index in [1.54, 1.807) is 67.0 Å². The van der Waals surface area contributed by atoms with Crippen LogP contribution in [0.15, 0.2) is 65.6 Å². The van der Waals surface area contributed by atoms with Crippen molar-refractivity contribution in [2.45, 2.75) is 11.8 Å². The van der Waals surface area contributed by atoms with Gasteiger partial charge in [0.1, 0.15) is 5.52 Å². The molecule has 0 aliphatic carbocycles. The van der Waals surface area contributed by atoms with E-state index < -0.39 is 10.0 Å². The molecule has 2 N–H and O–H groups in total. The number of piperazine rings is 1. The van der Waals surface area contributed by atoms with E-state index in [9.17, 15) is 13.2 Å². The monoisotopic (exact) mass is 599 g/mol. The summed E-state index contributed by atoms with van der Waals surface area (Å²) in [5, 5.41) is 4.42. The molecule has 0 radical (unpaired) electrons.